The number of anilines is 1. The van der Waals surface area contributed by atoms with Gasteiger partial charge in [-0.05, 0) is 49.2 Å². The number of benzene rings is 2. The molecule has 1 saturated carbocycles. The zero-order chi connectivity index (χ0) is 20.7. The van der Waals surface area contributed by atoms with Crippen LogP contribution in [0.5, 0.6) is 5.75 Å². The molecule has 0 unspecified atom stereocenters. The monoisotopic (exact) mass is 400 g/mol. The van der Waals surface area contributed by atoms with Crippen molar-refractivity contribution in [3.63, 3.8) is 0 Å². The van der Waals surface area contributed by atoms with E-state index < -0.39 is 5.97 Å². The fourth-order valence-corrected chi connectivity index (χ4v) is 4.48. The molecule has 1 saturated heterocycles. The van der Waals surface area contributed by atoms with Gasteiger partial charge in [0.05, 0.1) is 23.1 Å². The first-order valence-electron chi connectivity index (χ1n) is 10.2. The molecule has 30 heavy (non-hydrogen) atoms. The van der Waals surface area contributed by atoms with E-state index in [0.717, 1.165) is 31.1 Å². The predicted octanol–water partition coefficient (Wildman–Crippen LogP) is 4.13. The van der Waals surface area contributed by atoms with Crippen LogP contribution < -0.4 is 9.64 Å². The molecule has 2 heterocycles. The largest absolute Gasteiger partial charge is 0.421 e. The fourth-order valence-electron chi connectivity index (χ4n) is 4.48. The van der Waals surface area contributed by atoms with Gasteiger partial charge < -0.3 is 4.74 Å². The van der Waals surface area contributed by atoms with Crippen molar-refractivity contribution < 1.29 is 19.1 Å². The summed E-state index contributed by atoms with van der Waals surface area (Å²) in [5.41, 5.74) is 1.45. The number of carbonyl (C=O) groups excluding carboxylic acids is 3. The van der Waals surface area contributed by atoms with Crippen molar-refractivity contribution in [2.24, 2.45) is 11.8 Å². The highest BCUT2D eigenvalue weighted by atomic mass is 16.5. The molecule has 2 fully saturated rings. The highest BCUT2D eigenvalue weighted by molar-refractivity contribution is 6.22. The second-order valence-corrected chi connectivity index (χ2v) is 7.78. The maximum Gasteiger partial charge on any atom is 0.343 e. The van der Waals surface area contributed by atoms with Gasteiger partial charge in [-0.3, -0.25) is 19.5 Å². The summed E-state index contributed by atoms with van der Waals surface area (Å²) in [7, 11) is 0. The molecule has 1 aliphatic carbocycles. The lowest BCUT2D eigenvalue weighted by atomic mass is 9.81. The summed E-state index contributed by atoms with van der Waals surface area (Å²) in [6.45, 7) is 0. The van der Waals surface area contributed by atoms with Crippen molar-refractivity contribution in [1.29, 1.82) is 0 Å². The summed E-state index contributed by atoms with van der Waals surface area (Å²) in [4.78, 5) is 43.7. The Labute approximate surface area is 173 Å². The first-order chi connectivity index (χ1) is 14.6. The number of nitrogens with zero attached hydrogens (tertiary/aromatic N) is 2. The number of hydrogen-bond donors (Lipinski definition) is 0. The Morgan fingerprint density at radius 2 is 1.57 bits per heavy atom. The fraction of sp³-hybridized carbons (Fsp3) is 0.250. The molecule has 2 aromatic carbocycles. The summed E-state index contributed by atoms with van der Waals surface area (Å²) in [6.07, 6.45) is 5.17. The Kier molecular flexibility index (Phi) is 4.54. The molecule has 0 N–H and O–H groups in total. The number of imide groups is 1. The zero-order valence-electron chi connectivity index (χ0n) is 16.3. The van der Waals surface area contributed by atoms with E-state index in [9.17, 15) is 14.4 Å². The highest BCUT2D eigenvalue weighted by Gasteiger charge is 2.48. The predicted molar refractivity (Wildman–Crippen MR) is 111 cm³/mol. The first-order valence-corrected chi connectivity index (χ1v) is 10.2. The van der Waals surface area contributed by atoms with E-state index in [1.54, 1.807) is 42.6 Å². The van der Waals surface area contributed by atoms with E-state index in [-0.39, 0.29) is 23.7 Å². The number of para-hydroxylation sites is 1. The number of aromatic nitrogens is 1. The van der Waals surface area contributed by atoms with Crippen molar-refractivity contribution in [2.45, 2.75) is 25.7 Å². The van der Waals surface area contributed by atoms with Gasteiger partial charge in [0.15, 0.2) is 5.75 Å². The van der Waals surface area contributed by atoms with E-state index in [1.807, 2.05) is 18.2 Å². The third-order valence-corrected chi connectivity index (χ3v) is 6.00. The number of carbonyl (C=O) groups is 3. The lowest BCUT2D eigenvalue weighted by molar-refractivity contribution is -0.122. The van der Waals surface area contributed by atoms with Crippen molar-refractivity contribution in [2.75, 3.05) is 4.90 Å². The minimum Gasteiger partial charge on any atom is -0.421 e. The quantitative estimate of drug-likeness (QED) is 0.375. The highest BCUT2D eigenvalue weighted by Crippen LogP contribution is 2.40. The van der Waals surface area contributed by atoms with Crippen molar-refractivity contribution >= 4 is 34.4 Å². The van der Waals surface area contributed by atoms with Gasteiger partial charge in [0.2, 0.25) is 11.8 Å². The average Bonchev–Trinajstić information content (AvgIpc) is 3.04. The molecular formula is C24H20N2O4. The molecular weight excluding hydrogens is 380 g/mol. The van der Waals surface area contributed by atoms with E-state index in [1.165, 1.54) is 4.90 Å². The average molecular weight is 400 g/mol. The number of rotatable bonds is 3. The van der Waals surface area contributed by atoms with Crippen LogP contribution in [0.4, 0.5) is 5.69 Å². The summed E-state index contributed by atoms with van der Waals surface area (Å²) in [6, 6.07) is 15.5. The van der Waals surface area contributed by atoms with Crippen LogP contribution in [0.2, 0.25) is 0 Å². The van der Waals surface area contributed by atoms with Crippen LogP contribution in [0.1, 0.15) is 36.0 Å². The van der Waals surface area contributed by atoms with E-state index in [2.05, 4.69) is 4.98 Å². The Hall–Kier alpha value is -3.54. The number of hydrogen-bond acceptors (Lipinski definition) is 5. The molecule has 3 aromatic rings. The minimum atomic E-state index is -0.521. The van der Waals surface area contributed by atoms with Crippen molar-refractivity contribution in [3.05, 3.63) is 66.4 Å². The van der Waals surface area contributed by atoms with Gasteiger partial charge in [0.1, 0.15) is 5.52 Å². The minimum absolute atomic E-state index is 0.123. The van der Waals surface area contributed by atoms with Gasteiger partial charge in [-0.2, -0.15) is 0 Å². The molecule has 2 aliphatic rings. The van der Waals surface area contributed by atoms with Crippen LogP contribution in [0.15, 0.2) is 60.8 Å². The SMILES string of the molecule is O=C(Oc1cccc2cccnc12)c1ccc(N2C(=O)[C@H]3CCCC[C@H]3C2=O)cc1. The second-order valence-electron chi connectivity index (χ2n) is 7.78. The van der Waals surface area contributed by atoms with Gasteiger partial charge in [0.25, 0.3) is 0 Å². The number of amides is 2. The maximum atomic E-state index is 12.7. The Bertz CT molecular complexity index is 1130. The van der Waals surface area contributed by atoms with Crippen molar-refractivity contribution in [1.82, 2.24) is 4.98 Å². The number of pyridine rings is 1. The molecule has 1 aromatic heterocycles. The van der Waals surface area contributed by atoms with Crippen LogP contribution in [-0.2, 0) is 9.59 Å². The number of fused-ring (bicyclic) bond motifs is 2. The third-order valence-electron chi connectivity index (χ3n) is 6.00. The molecule has 0 bridgehead atoms. The van der Waals surface area contributed by atoms with E-state index in [0.29, 0.717) is 22.5 Å². The van der Waals surface area contributed by atoms with Crippen LogP contribution in [0.25, 0.3) is 10.9 Å². The Morgan fingerprint density at radius 1 is 0.900 bits per heavy atom. The molecule has 150 valence electrons. The van der Waals surface area contributed by atoms with Gasteiger partial charge in [-0.25, -0.2) is 4.79 Å². The first kappa shape index (κ1) is 18.5. The summed E-state index contributed by atoms with van der Waals surface area (Å²) in [5, 5.41) is 0.880. The smallest absolute Gasteiger partial charge is 0.343 e. The molecule has 0 radical (unpaired) electrons. The molecule has 5 rings (SSSR count). The van der Waals surface area contributed by atoms with E-state index in [4.69, 9.17) is 4.74 Å². The lowest BCUT2D eigenvalue weighted by Crippen LogP contribution is -2.30. The van der Waals surface area contributed by atoms with Crippen LogP contribution in [0, 0.1) is 11.8 Å². The maximum absolute atomic E-state index is 12.7. The third kappa shape index (κ3) is 3.05. The van der Waals surface area contributed by atoms with Crippen LogP contribution >= 0.6 is 0 Å². The van der Waals surface area contributed by atoms with Crippen molar-refractivity contribution in [3.8, 4) is 5.75 Å². The van der Waals surface area contributed by atoms with Gasteiger partial charge in [-0.15, -0.1) is 0 Å². The van der Waals surface area contributed by atoms with Crippen LogP contribution in [0.3, 0.4) is 0 Å². The summed E-state index contributed by atoms with van der Waals surface area (Å²) < 4.78 is 5.55. The van der Waals surface area contributed by atoms with Gasteiger partial charge in [-0.1, -0.05) is 31.0 Å². The lowest BCUT2D eigenvalue weighted by Gasteiger charge is -2.19. The van der Waals surface area contributed by atoms with E-state index >= 15 is 0 Å². The normalized spacial score (nSPS) is 21.0. The molecule has 2 amide bonds. The summed E-state index contributed by atoms with van der Waals surface area (Å²) in [5.74, 6) is -0.781. The molecule has 6 heteroatoms. The molecule has 1 aliphatic heterocycles. The van der Waals surface area contributed by atoms with Gasteiger partial charge >= 0.3 is 5.97 Å². The standard InChI is InChI=1S/C24H20N2O4/c27-22-18-7-1-2-8-19(18)23(28)26(22)17-12-10-16(11-13-17)24(29)30-20-9-3-5-15-6-4-14-25-21(15)20/h3-6,9-14,18-19H,1-2,7-8H2/t18-,19+. The molecule has 0 spiro atoms. The Balaban J connectivity index is 1.36. The molecule has 6 nitrogen and oxygen atoms in total. The number of esters is 1. The number of ether oxygens (including phenoxy) is 1. The zero-order valence-corrected chi connectivity index (χ0v) is 16.3. The summed E-state index contributed by atoms with van der Waals surface area (Å²) >= 11 is 0. The molecule has 2 atom stereocenters. The Morgan fingerprint density at radius 3 is 2.27 bits per heavy atom. The topological polar surface area (TPSA) is 76.6 Å². The van der Waals surface area contributed by atoms with Gasteiger partial charge in [0, 0.05) is 11.6 Å². The second kappa shape index (κ2) is 7.37. The van der Waals surface area contributed by atoms with Crippen LogP contribution in [-0.4, -0.2) is 22.8 Å².